The Bertz CT molecular complexity index is 289. The number of nitrogens with one attached hydrogen (secondary N) is 1. The smallest absolute Gasteiger partial charge is 0.241 e. The zero-order valence-electron chi connectivity index (χ0n) is 11.2. The normalized spacial score (nSPS) is 17.8. The number of carbonyl (C=O) groups excluding carboxylic acids is 2. The molecule has 0 spiro atoms. The highest BCUT2D eigenvalue weighted by molar-refractivity contribution is 5.89. The molecule has 1 rings (SSSR count). The van der Waals surface area contributed by atoms with Crippen molar-refractivity contribution < 1.29 is 9.59 Å². The molecule has 6 heteroatoms. The molecule has 0 saturated carbocycles. The number of nitrogens with two attached hydrogens (primary N) is 1. The van der Waals surface area contributed by atoms with E-state index in [2.05, 4.69) is 5.32 Å². The fraction of sp³-hybridized carbons (Fsp3) is 0.833. The molecule has 2 amide bonds. The molecule has 0 aromatic carbocycles. The lowest BCUT2D eigenvalue weighted by atomic mass is 9.96. The molecule has 0 bridgehead atoms. The van der Waals surface area contributed by atoms with Gasteiger partial charge >= 0.3 is 0 Å². The summed E-state index contributed by atoms with van der Waals surface area (Å²) < 4.78 is 0. The molecule has 0 aliphatic carbocycles. The summed E-state index contributed by atoms with van der Waals surface area (Å²) in [6.45, 7) is 5.36. The van der Waals surface area contributed by atoms with E-state index in [4.69, 9.17) is 5.73 Å². The largest absolute Gasteiger partial charge is 0.345 e. The van der Waals surface area contributed by atoms with Gasteiger partial charge in [-0.2, -0.15) is 0 Å². The van der Waals surface area contributed by atoms with Crippen molar-refractivity contribution in [3.05, 3.63) is 0 Å². The van der Waals surface area contributed by atoms with Crippen LogP contribution in [0.4, 0.5) is 0 Å². The average Bonchev–Trinajstić information content (AvgIpc) is 2.78. The monoisotopic (exact) mass is 277 g/mol. The van der Waals surface area contributed by atoms with Gasteiger partial charge in [-0.05, 0) is 26.2 Å². The second-order valence-electron chi connectivity index (χ2n) is 4.94. The van der Waals surface area contributed by atoms with Crippen molar-refractivity contribution in [2.24, 2.45) is 5.73 Å². The molecular weight excluding hydrogens is 254 g/mol. The van der Waals surface area contributed by atoms with Crippen LogP contribution in [0.2, 0.25) is 0 Å². The van der Waals surface area contributed by atoms with Crippen LogP contribution in [0.1, 0.15) is 39.5 Å². The second kappa shape index (κ2) is 7.59. The van der Waals surface area contributed by atoms with E-state index in [-0.39, 0.29) is 30.8 Å². The van der Waals surface area contributed by atoms with Crippen LogP contribution in [0, 0.1) is 0 Å². The summed E-state index contributed by atoms with van der Waals surface area (Å²) in [5, 5.41) is 2.63. The van der Waals surface area contributed by atoms with Gasteiger partial charge in [0.1, 0.15) is 0 Å². The SMILES string of the molecule is CCCC(C)(N)C(=O)NCC(=O)N1CCCC1.Cl. The minimum absolute atomic E-state index is 0. The van der Waals surface area contributed by atoms with Crippen LogP contribution in [0.15, 0.2) is 0 Å². The number of halogens is 1. The first-order chi connectivity index (χ1) is 7.97. The molecule has 0 aromatic heterocycles. The lowest BCUT2D eigenvalue weighted by Crippen LogP contribution is -2.53. The first-order valence-corrected chi connectivity index (χ1v) is 6.32. The summed E-state index contributed by atoms with van der Waals surface area (Å²) in [7, 11) is 0. The molecule has 1 unspecified atom stereocenters. The first kappa shape index (κ1) is 17.2. The molecule has 1 aliphatic rings. The molecule has 1 atom stereocenters. The molecule has 0 radical (unpaired) electrons. The number of hydrogen-bond donors (Lipinski definition) is 2. The van der Waals surface area contributed by atoms with Gasteiger partial charge in [0.25, 0.3) is 0 Å². The Hall–Kier alpha value is -0.810. The maximum Gasteiger partial charge on any atom is 0.241 e. The van der Waals surface area contributed by atoms with E-state index < -0.39 is 5.54 Å². The molecule has 5 nitrogen and oxygen atoms in total. The van der Waals surface area contributed by atoms with Crippen LogP contribution in [-0.4, -0.2) is 41.9 Å². The van der Waals surface area contributed by atoms with Gasteiger partial charge in [-0.3, -0.25) is 9.59 Å². The van der Waals surface area contributed by atoms with E-state index in [0.717, 1.165) is 32.4 Å². The zero-order valence-corrected chi connectivity index (χ0v) is 12.0. The van der Waals surface area contributed by atoms with Crippen molar-refractivity contribution in [3.8, 4) is 0 Å². The van der Waals surface area contributed by atoms with E-state index in [1.54, 1.807) is 11.8 Å². The van der Waals surface area contributed by atoms with Crippen molar-refractivity contribution in [1.82, 2.24) is 10.2 Å². The predicted octanol–water partition coefficient (Wildman–Crippen LogP) is 0.664. The Kier molecular flexibility index (Phi) is 7.25. The van der Waals surface area contributed by atoms with Crippen molar-refractivity contribution in [2.45, 2.75) is 45.1 Å². The molecule has 1 fully saturated rings. The third-order valence-electron chi connectivity index (χ3n) is 3.15. The van der Waals surface area contributed by atoms with Gasteiger partial charge in [-0.1, -0.05) is 13.3 Å². The number of hydrogen-bond acceptors (Lipinski definition) is 3. The standard InChI is InChI=1S/C12H23N3O2.ClH/c1-3-6-12(2,13)11(17)14-9-10(16)15-7-4-5-8-15;/h3-9,13H2,1-2H3,(H,14,17);1H. The molecule has 1 aliphatic heterocycles. The fourth-order valence-electron chi connectivity index (χ4n) is 2.07. The molecule has 0 aromatic rings. The van der Waals surface area contributed by atoms with Crippen LogP contribution < -0.4 is 11.1 Å². The van der Waals surface area contributed by atoms with Crippen LogP contribution in [-0.2, 0) is 9.59 Å². The van der Waals surface area contributed by atoms with Crippen LogP contribution in [0.25, 0.3) is 0 Å². The molecule has 3 N–H and O–H groups in total. The summed E-state index contributed by atoms with van der Waals surface area (Å²) >= 11 is 0. The molecule has 106 valence electrons. The Morgan fingerprint density at radius 1 is 1.33 bits per heavy atom. The van der Waals surface area contributed by atoms with Gasteiger partial charge in [-0.15, -0.1) is 12.4 Å². The predicted molar refractivity (Wildman–Crippen MR) is 73.6 cm³/mol. The third kappa shape index (κ3) is 4.82. The molecule has 18 heavy (non-hydrogen) atoms. The van der Waals surface area contributed by atoms with Crippen molar-refractivity contribution in [3.63, 3.8) is 0 Å². The number of amides is 2. The number of rotatable bonds is 5. The van der Waals surface area contributed by atoms with Crippen LogP contribution in [0.3, 0.4) is 0 Å². The Morgan fingerprint density at radius 3 is 2.39 bits per heavy atom. The topological polar surface area (TPSA) is 75.4 Å². The quantitative estimate of drug-likeness (QED) is 0.775. The average molecular weight is 278 g/mol. The van der Waals surface area contributed by atoms with Crippen molar-refractivity contribution in [1.29, 1.82) is 0 Å². The van der Waals surface area contributed by atoms with E-state index in [9.17, 15) is 9.59 Å². The van der Waals surface area contributed by atoms with Crippen LogP contribution >= 0.6 is 12.4 Å². The highest BCUT2D eigenvalue weighted by Gasteiger charge is 2.28. The Balaban J connectivity index is 0.00000289. The second-order valence-corrected chi connectivity index (χ2v) is 4.94. The molecule has 1 saturated heterocycles. The Labute approximate surface area is 115 Å². The lowest BCUT2D eigenvalue weighted by Gasteiger charge is -2.23. The summed E-state index contributed by atoms with van der Waals surface area (Å²) in [6, 6.07) is 0. The zero-order chi connectivity index (χ0) is 12.9. The van der Waals surface area contributed by atoms with Crippen molar-refractivity contribution >= 4 is 24.2 Å². The number of nitrogens with zero attached hydrogens (tertiary/aromatic N) is 1. The minimum Gasteiger partial charge on any atom is -0.345 e. The van der Waals surface area contributed by atoms with Gasteiger partial charge in [-0.25, -0.2) is 0 Å². The maximum atomic E-state index is 11.8. The Morgan fingerprint density at radius 2 is 1.89 bits per heavy atom. The van der Waals surface area contributed by atoms with E-state index >= 15 is 0 Å². The summed E-state index contributed by atoms with van der Waals surface area (Å²) in [6.07, 6.45) is 3.59. The summed E-state index contributed by atoms with van der Waals surface area (Å²) in [4.78, 5) is 25.3. The highest BCUT2D eigenvalue weighted by atomic mass is 35.5. The number of likely N-dealkylation sites (tertiary alicyclic amines) is 1. The van der Waals surface area contributed by atoms with Crippen LogP contribution in [0.5, 0.6) is 0 Å². The van der Waals surface area contributed by atoms with Crippen molar-refractivity contribution in [2.75, 3.05) is 19.6 Å². The first-order valence-electron chi connectivity index (χ1n) is 6.32. The van der Waals surface area contributed by atoms with Gasteiger partial charge < -0.3 is 16.0 Å². The van der Waals surface area contributed by atoms with Gasteiger partial charge in [0.15, 0.2) is 0 Å². The summed E-state index contributed by atoms with van der Waals surface area (Å²) in [5.41, 5.74) is 5.00. The van der Waals surface area contributed by atoms with Gasteiger partial charge in [0.05, 0.1) is 12.1 Å². The molecule has 1 heterocycles. The molecular formula is C12H24ClN3O2. The lowest BCUT2D eigenvalue weighted by molar-refractivity contribution is -0.133. The highest BCUT2D eigenvalue weighted by Crippen LogP contribution is 2.09. The maximum absolute atomic E-state index is 11.8. The van der Waals surface area contributed by atoms with Gasteiger partial charge in [0, 0.05) is 13.1 Å². The van der Waals surface area contributed by atoms with E-state index in [0.29, 0.717) is 6.42 Å². The van der Waals surface area contributed by atoms with E-state index in [1.165, 1.54) is 0 Å². The number of carbonyl (C=O) groups is 2. The van der Waals surface area contributed by atoms with E-state index in [1.807, 2.05) is 6.92 Å². The summed E-state index contributed by atoms with van der Waals surface area (Å²) in [5.74, 6) is -0.255. The fourth-order valence-corrected chi connectivity index (χ4v) is 2.07. The minimum atomic E-state index is -0.875. The third-order valence-corrected chi connectivity index (χ3v) is 3.15. The van der Waals surface area contributed by atoms with Gasteiger partial charge in [0.2, 0.25) is 11.8 Å².